The van der Waals surface area contributed by atoms with Crippen LogP contribution in [0.4, 0.5) is 12.9 Å². The Bertz CT molecular complexity index is 342. The van der Waals surface area contributed by atoms with E-state index in [0.717, 1.165) is 12.1 Å². The van der Waals surface area contributed by atoms with Gasteiger partial charge in [-0.3, -0.25) is 4.79 Å². The summed E-state index contributed by atoms with van der Waals surface area (Å²) in [6, 6.07) is 2.76. The van der Waals surface area contributed by atoms with E-state index in [1.165, 1.54) is 6.07 Å². The van der Waals surface area contributed by atoms with E-state index in [0.29, 0.717) is 6.29 Å². The van der Waals surface area contributed by atoms with Crippen molar-refractivity contribution < 1.29 is 69.1 Å². The van der Waals surface area contributed by atoms with Crippen molar-refractivity contribution in [3.63, 3.8) is 0 Å². The Balaban J connectivity index is 0.00000169. The second kappa shape index (κ2) is 5.67. The quantitative estimate of drug-likeness (QED) is 0.494. The van der Waals surface area contributed by atoms with Crippen LogP contribution < -0.4 is 56.8 Å². The van der Waals surface area contributed by atoms with Crippen molar-refractivity contribution in [2.45, 2.75) is 0 Å². The predicted octanol–water partition coefficient (Wildman–Crippen LogP) is -0.789. The third kappa shape index (κ3) is 4.04. The molecule has 0 spiro atoms. The summed E-state index contributed by atoms with van der Waals surface area (Å²) in [5.41, 5.74) is -0.920. The molecule has 0 saturated heterocycles. The van der Waals surface area contributed by atoms with Gasteiger partial charge in [-0.15, -0.1) is 5.46 Å². The Kier molecular flexibility index (Phi) is 5.94. The number of benzene rings is 1. The number of carbonyl (C=O) groups excluding carboxylic acids is 1. The molecule has 1 rings (SSSR count). The number of carbonyl (C=O) groups is 1. The van der Waals surface area contributed by atoms with E-state index in [2.05, 4.69) is 0 Å². The molecule has 1 nitrogen and oxygen atoms in total. The molecule has 0 N–H and O–H groups in total. The third-order valence-electron chi connectivity index (χ3n) is 1.46. The van der Waals surface area contributed by atoms with E-state index in [1.54, 1.807) is 0 Å². The van der Waals surface area contributed by atoms with Crippen LogP contribution in [0.1, 0.15) is 10.4 Å². The van der Waals surface area contributed by atoms with Gasteiger partial charge in [0.2, 0.25) is 0 Å². The first-order chi connectivity index (χ1) is 5.93. The van der Waals surface area contributed by atoms with Gasteiger partial charge in [0.25, 0.3) is 0 Å². The van der Waals surface area contributed by atoms with E-state index in [-0.39, 0.29) is 62.0 Å². The number of aldehydes is 1. The van der Waals surface area contributed by atoms with Gasteiger partial charge < -0.3 is 12.9 Å². The van der Waals surface area contributed by atoms with Crippen LogP contribution in [-0.2, 0) is 0 Å². The van der Waals surface area contributed by atoms with Crippen LogP contribution in [0.5, 0.6) is 0 Å². The van der Waals surface area contributed by atoms with Crippen LogP contribution in [0.15, 0.2) is 18.2 Å². The van der Waals surface area contributed by atoms with Gasteiger partial charge in [-0.25, -0.2) is 0 Å². The van der Waals surface area contributed by atoms with Gasteiger partial charge in [0.15, 0.2) is 0 Å². The van der Waals surface area contributed by atoms with Crippen molar-refractivity contribution in [2.75, 3.05) is 0 Å². The molecule has 0 fully saturated rings. The molecule has 0 aromatic heterocycles. The molecule has 0 aliphatic heterocycles. The Morgan fingerprint density at radius 3 is 2.21 bits per heavy atom. The van der Waals surface area contributed by atoms with Crippen molar-refractivity contribution in [3.05, 3.63) is 28.8 Å². The molecular formula is C7H4BClF3KO. The average Bonchev–Trinajstić information content (AvgIpc) is 2.01. The summed E-state index contributed by atoms with van der Waals surface area (Å²) in [4.78, 5) is 10.2. The van der Waals surface area contributed by atoms with E-state index in [4.69, 9.17) is 11.6 Å². The molecule has 0 bridgehead atoms. The Morgan fingerprint density at radius 1 is 1.21 bits per heavy atom. The van der Waals surface area contributed by atoms with Gasteiger partial charge in [-0.05, 0) is 6.07 Å². The minimum Gasteiger partial charge on any atom is -0.445 e. The zero-order chi connectivity index (χ0) is 10.1. The molecule has 0 aliphatic rings. The Labute approximate surface area is 126 Å². The fourth-order valence-electron chi connectivity index (χ4n) is 0.893. The van der Waals surface area contributed by atoms with Gasteiger partial charge in [-0.1, -0.05) is 23.7 Å². The standard InChI is InChI=1S/C7H4BClF3O.K/c9-7-2-5(4-13)1-6(3-7)8(10,11)12;/h1-4H;/q-1;+1. The van der Waals surface area contributed by atoms with E-state index < -0.39 is 12.4 Å². The van der Waals surface area contributed by atoms with Gasteiger partial charge in [-0.2, -0.15) is 0 Å². The van der Waals surface area contributed by atoms with Crippen molar-refractivity contribution in [1.82, 2.24) is 0 Å². The van der Waals surface area contributed by atoms with Gasteiger partial charge in [0.05, 0.1) is 0 Å². The predicted molar refractivity (Wildman–Crippen MR) is 45.6 cm³/mol. The van der Waals surface area contributed by atoms with Crippen molar-refractivity contribution in [3.8, 4) is 0 Å². The van der Waals surface area contributed by atoms with Crippen LogP contribution in [0, 0.1) is 0 Å². The average molecular weight is 246 g/mol. The first kappa shape index (κ1) is 14.7. The molecule has 14 heavy (non-hydrogen) atoms. The van der Waals surface area contributed by atoms with E-state index >= 15 is 0 Å². The van der Waals surface area contributed by atoms with Gasteiger partial charge >= 0.3 is 58.4 Å². The zero-order valence-corrected chi connectivity index (χ0v) is 11.2. The molecule has 7 heteroatoms. The molecular weight excluding hydrogens is 242 g/mol. The molecule has 0 atom stereocenters. The normalized spacial score (nSPS) is 10.6. The molecule has 0 saturated carbocycles. The number of hydrogen-bond acceptors (Lipinski definition) is 1. The number of halogens is 4. The maximum atomic E-state index is 12.2. The minimum absolute atomic E-state index is 0. The summed E-state index contributed by atoms with van der Waals surface area (Å²) < 4.78 is 36.5. The second-order valence-corrected chi connectivity index (χ2v) is 2.95. The molecule has 1 aromatic rings. The summed E-state index contributed by atoms with van der Waals surface area (Å²) >= 11 is 5.39. The molecule has 70 valence electrons. The van der Waals surface area contributed by atoms with Crippen LogP contribution in [-0.4, -0.2) is 13.3 Å². The van der Waals surface area contributed by atoms with Crippen LogP contribution in [0.2, 0.25) is 5.02 Å². The smallest absolute Gasteiger partial charge is 0.445 e. The van der Waals surface area contributed by atoms with Crippen molar-refractivity contribution in [1.29, 1.82) is 0 Å². The van der Waals surface area contributed by atoms with Gasteiger partial charge in [0, 0.05) is 10.6 Å². The Morgan fingerprint density at radius 2 is 1.79 bits per heavy atom. The first-order valence-corrected chi connectivity index (χ1v) is 3.77. The maximum Gasteiger partial charge on any atom is 1.00 e. The molecule has 0 aliphatic carbocycles. The molecule has 0 radical (unpaired) electrons. The van der Waals surface area contributed by atoms with Crippen LogP contribution in [0.3, 0.4) is 0 Å². The summed E-state index contributed by atoms with van der Waals surface area (Å²) in [5.74, 6) is 0. The SMILES string of the molecule is O=Cc1cc(Cl)cc([B-](F)(F)F)c1.[K+]. The topological polar surface area (TPSA) is 17.1 Å². The summed E-state index contributed by atoms with van der Waals surface area (Å²) in [6.07, 6.45) is 0.331. The van der Waals surface area contributed by atoms with Gasteiger partial charge in [0.1, 0.15) is 6.29 Å². The summed E-state index contributed by atoms with van der Waals surface area (Å²) in [7, 11) is 0. The largest absolute Gasteiger partial charge is 1.00 e. The Hall–Kier alpha value is 0.671. The summed E-state index contributed by atoms with van der Waals surface area (Å²) in [6.45, 7) is -5.09. The third-order valence-corrected chi connectivity index (χ3v) is 1.67. The first-order valence-electron chi connectivity index (χ1n) is 3.39. The number of hydrogen-bond donors (Lipinski definition) is 0. The van der Waals surface area contributed by atoms with E-state index in [1.807, 2.05) is 0 Å². The second-order valence-electron chi connectivity index (χ2n) is 2.51. The fraction of sp³-hybridized carbons (Fsp3) is 0. The molecule has 0 amide bonds. The molecule has 0 unspecified atom stereocenters. The van der Waals surface area contributed by atoms with Crippen LogP contribution >= 0.6 is 11.6 Å². The zero-order valence-electron chi connectivity index (χ0n) is 7.31. The van der Waals surface area contributed by atoms with Crippen molar-refractivity contribution >= 4 is 30.3 Å². The minimum atomic E-state index is -5.09. The van der Waals surface area contributed by atoms with E-state index in [9.17, 15) is 17.7 Å². The van der Waals surface area contributed by atoms with Crippen molar-refractivity contribution in [2.24, 2.45) is 0 Å². The monoisotopic (exact) mass is 246 g/mol. The fourth-order valence-corrected chi connectivity index (χ4v) is 1.14. The number of rotatable bonds is 2. The molecule has 0 heterocycles. The molecule has 1 aromatic carbocycles. The summed E-state index contributed by atoms with van der Waals surface area (Å²) in [5, 5.41) is -0.0844. The van der Waals surface area contributed by atoms with Crippen LogP contribution in [0.25, 0.3) is 0 Å². The maximum absolute atomic E-state index is 12.2.